The molecule has 2 aromatic rings. The summed E-state index contributed by atoms with van der Waals surface area (Å²) in [6.07, 6.45) is 1.40. The molecule has 0 aliphatic heterocycles. The third-order valence-corrected chi connectivity index (χ3v) is 4.90. The first-order valence-corrected chi connectivity index (χ1v) is 9.19. The molecule has 0 bridgehead atoms. The predicted molar refractivity (Wildman–Crippen MR) is 99.1 cm³/mol. The first-order valence-electron chi connectivity index (χ1n) is 7.82. The summed E-state index contributed by atoms with van der Waals surface area (Å²) in [5.74, 6) is 0.858. The van der Waals surface area contributed by atoms with Crippen molar-refractivity contribution in [2.75, 3.05) is 5.75 Å². The predicted octanol–water partition coefficient (Wildman–Crippen LogP) is 5.40. The molecule has 0 spiro atoms. The van der Waals surface area contributed by atoms with Gasteiger partial charge in [-0.1, -0.05) is 48.4 Å². The van der Waals surface area contributed by atoms with Gasteiger partial charge in [0.25, 0.3) is 0 Å². The van der Waals surface area contributed by atoms with E-state index in [1.54, 1.807) is 11.8 Å². The maximum absolute atomic E-state index is 12.2. The molecular weight excluding hydrogens is 326 g/mol. The maximum Gasteiger partial charge on any atom is 0.221 e. The van der Waals surface area contributed by atoms with E-state index in [0.29, 0.717) is 6.42 Å². The highest BCUT2D eigenvalue weighted by atomic mass is 35.5. The van der Waals surface area contributed by atoms with E-state index < -0.39 is 0 Å². The van der Waals surface area contributed by atoms with Gasteiger partial charge in [-0.15, -0.1) is 11.8 Å². The number of carbonyl (C=O) groups is 1. The van der Waals surface area contributed by atoms with Crippen molar-refractivity contribution < 1.29 is 4.79 Å². The third kappa shape index (κ3) is 5.92. The first-order chi connectivity index (χ1) is 11.1. The quantitative estimate of drug-likeness (QED) is 0.679. The van der Waals surface area contributed by atoms with E-state index in [2.05, 4.69) is 43.4 Å². The lowest BCUT2D eigenvalue weighted by atomic mass is 10.0. The van der Waals surface area contributed by atoms with Crippen LogP contribution >= 0.6 is 23.4 Å². The number of nitrogens with one attached hydrogen (secondary N) is 1. The van der Waals surface area contributed by atoms with Crippen LogP contribution in [0, 0.1) is 6.92 Å². The summed E-state index contributed by atoms with van der Waals surface area (Å²) in [7, 11) is 0. The van der Waals surface area contributed by atoms with Crippen LogP contribution in [0.25, 0.3) is 0 Å². The van der Waals surface area contributed by atoms with Gasteiger partial charge in [-0.2, -0.15) is 0 Å². The Balaban J connectivity index is 1.80. The fraction of sp³-hybridized carbons (Fsp3) is 0.316. The summed E-state index contributed by atoms with van der Waals surface area (Å²) in [5.41, 5.74) is 2.39. The average Bonchev–Trinajstić information content (AvgIpc) is 2.55. The number of halogens is 1. The summed E-state index contributed by atoms with van der Waals surface area (Å²) >= 11 is 7.53. The molecule has 0 fully saturated rings. The molecule has 23 heavy (non-hydrogen) atoms. The summed E-state index contributed by atoms with van der Waals surface area (Å²) in [6, 6.07) is 16.1. The molecule has 2 nitrogen and oxygen atoms in total. The molecule has 4 heteroatoms. The van der Waals surface area contributed by atoms with Crippen LogP contribution in [0.15, 0.2) is 53.4 Å². The molecule has 1 N–H and O–H groups in total. The molecule has 2 aromatic carbocycles. The van der Waals surface area contributed by atoms with Crippen molar-refractivity contribution >= 4 is 29.3 Å². The van der Waals surface area contributed by atoms with E-state index in [-0.39, 0.29) is 11.9 Å². The van der Waals surface area contributed by atoms with E-state index in [4.69, 9.17) is 11.6 Å². The summed E-state index contributed by atoms with van der Waals surface area (Å²) in [6.45, 7) is 4.16. The molecule has 0 heterocycles. The average molecular weight is 348 g/mol. The van der Waals surface area contributed by atoms with Crippen molar-refractivity contribution in [3.05, 3.63) is 64.7 Å². The monoisotopic (exact) mass is 347 g/mol. The Kier molecular flexibility index (Phi) is 7.00. The van der Waals surface area contributed by atoms with Gasteiger partial charge >= 0.3 is 0 Å². The number of rotatable bonds is 7. The number of hydrogen-bond acceptors (Lipinski definition) is 2. The van der Waals surface area contributed by atoms with Crippen molar-refractivity contribution in [3.8, 4) is 0 Å². The minimum atomic E-state index is 0.0867. The van der Waals surface area contributed by atoms with E-state index >= 15 is 0 Å². The summed E-state index contributed by atoms with van der Waals surface area (Å²) in [4.78, 5) is 13.3. The fourth-order valence-electron chi connectivity index (χ4n) is 2.28. The molecule has 1 atom stereocenters. The highest BCUT2D eigenvalue weighted by molar-refractivity contribution is 7.99. The number of aryl methyl sites for hydroxylation is 1. The lowest BCUT2D eigenvalue weighted by molar-refractivity contribution is -0.121. The molecule has 0 radical (unpaired) electrons. The fourth-order valence-corrected chi connectivity index (χ4v) is 3.26. The SMILES string of the molecule is CCC(NC(=O)CCSc1ccc(Cl)cc1)c1ccc(C)cc1. The lowest BCUT2D eigenvalue weighted by Crippen LogP contribution is -2.28. The molecule has 2 rings (SSSR count). The largest absolute Gasteiger partial charge is 0.349 e. The van der Waals surface area contributed by atoms with Crippen LogP contribution in [-0.2, 0) is 4.79 Å². The van der Waals surface area contributed by atoms with Crippen molar-refractivity contribution in [2.45, 2.75) is 37.6 Å². The van der Waals surface area contributed by atoms with Crippen LogP contribution in [0.2, 0.25) is 5.02 Å². The van der Waals surface area contributed by atoms with Crippen LogP contribution in [-0.4, -0.2) is 11.7 Å². The van der Waals surface area contributed by atoms with Gasteiger partial charge in [-0.3, -0.25) is 4.79 Å². The number of hydrogen-bond donors (Lipinski definition) is 1. The van der Waals surface area contributed by atoms with Gasteiger partial charge < -0.3 is 5.32 Å². The molecule has 1 unspecified atom stereocenters. The standard InChI is InChI=1S/C19H22ClNOS/c1-3-18(15-6-4-14(2)5-7-15)21-19(22)12-13-23-17-10-8-16(20)9-11-17/h4-11,18H,3,12-13H2,1-2H3,(H,21,22). The Morgan fingerprint density at radius 3 is 2.39 bits per heavy atom. The zero-order valence-corrected chi connectivity index (χ0v) is 15.1. The highest BCUT2D eigenvalue weighted by Crippen LogP contribution is 2.21. The van der Waals surface area contributed by atoms with E-state index in [0.717, 1.165) is 27.7 Å². The van der Waals surface area contributed by atoms with Crippen molar-refractivity contribution in [1.29, 1.82) is 0 Å². The minimum absolute atomic E-state index is 0.0867. The topological polar surface area (TPSA) is 29.1 Å². The van der Waals surface area contributed by atoms with Gasteiger partial charge in [-0.25, -0.2) is 0 Å². The van der Waals surface area contributed by atoms with Crippen LogP contribution in [0.4, 0.5) is 0 Å². The second-order valence-electron chi connectivity index (χ2n) is 5.49. The number of carbonyl (C=O) groups excluding carboxylic acids is 1. The Morgan fingerprint density at radius 2 is 1.78 bits per heavy atom. The Hall–Kier alpha value is -1.45. The van der Waals surface area contributed by atoms with Gasteiger partial charge in [0, 0.05) is 22.1 Å². The number of amides is 1. The van der Waals surface area contributed by atoms with E-state index in [9.17, 15) is 4.79 Å². The van der Waals surface area contributed by atoms with Gasteiger partial charge in [0.2, 0.25) is 5.91 Å². The lowest BCUT2D eigenvalue weighted by Gasteiger charge is -2.17. The Morgan fingerprint density at radius 1 is 1.13 bits per heavy atom. The van der Waals surface area contributed by atoms with Crippen molar-refractivity contribution in [3.63, 3.8) is 0 Å². The molecule has 0 aliphatic rings. The number of benzene rings is 2. The molecule has 1 amide bonds. The van der Waals surface area contributed by atoms with Crippen LogP contribution in [0.3, 0.4) is 0 Å². The second-order valence-corrected chi connectivity index (χ2v) is 7.10. The van der Waals surface area contributed by atoms with Crippen LogP contribution < -0.4 is 5.32 Å². The second kappa shape index (κ2) is 8.99. The van der Waals surface area contributed by atoms with Gasteiger partial charge in [0.05, 0.1) is 6.04 Å². The van der Waals surface area contributed by atoms with E-state index in [1.165, 1.54) is 5.56 Å². The van der Waals surface area contributed by atoms with Gasteiger partial charge in [0.1, 0.15) is 0 Å². The normalized spacial score (nSPS) is 12.0. The van der Waals surface area contributed by atoms with Crippen LogP contribution in [0.1, 0.15) is 36.9 Å². The number of thioether (sulfide) groups is 1. The summed E-state index contributed by atoms with van der Waals surface area (Å²) < 4.78 is 0. The Bertz CT molecular complexity index is 625. The molecule has 0 aliphatic carbocycles. The highest BCUT2D eigenvalue weighted by Gasteiger charge is 2.12. The van der Waals surface area contributed by atoms with Crippen LogP contribution in [0.5, 0.6) is 0 Å². The molecule has 0 aromatic heterocycles. The van der Waals surface area contributed by atoms with Gasteiger partial charge in [-0.05, 0) is 43.2 Å². The maximum atomic E-state index is 12.2. The van der Waals surface area contributed by atoms with Gasteiger partial charge in [0.15, 0.2) is 0 Å². The molecule has 0 saturated carbocycles. The third-order valence-electron chi connectivity index (χ3n) is 3.63. The first kappa shape index (κ1) is 17.9. The molecular formula is C19H22ClNOS. The minimum Gasteiger partial charge on any atom is -0.349 e. The zero-order chi connectivity index (χ0) is 16.7. The molecule has 122 valence electrons. The van der Waals surface area contributed by atoms with Crippen molar-refractivity contribution in [1.82, 2.24) is 5.32 Å². The smallest absolute Gasteiger partial charge is 0.221 e. The Labute approximate surface area is 147 Å². The van der Waals surface area contributed by atoms with E-state index in [1.807, 2.05) is 24.3 Å². The molecule has 0 saturated heterocycles. The zero-order valence-electron chi connectivity index (χ0n) is 13.5. The summed E-state index contributed by atoms with van der Waals surface area (Å²) in [5, 5.41) is 3.86. The van der Waals surface area contributed by atoms with Crippen molar-refractivity contribution in [2.24, 2.45) is 0 Å².